The quantitative estimate of drug-likeness (QED) is 0.731. The van der Waals surface area contributed by atoms with Crippen LogP contribution in [0.4, 0.5) is 4.79 Å². The normalized spacial score (nSPS) is 29.3. The topological polar surface area (TPSA) is 71.5 Å². The summed E-state index contributed by atoms with van der Waals surface area (Å²) in [5, 5.41) is 3.23. The van der Waals surface area contributed by atoms with Crippen LogP contribution in [0, 0.1) is 12.3 Å². The Balaban J connectivity index is 1.67. The largest absolute Gasteiger partial charge is 0.381 e. The van der Waals surface area contributed by atoms with Crippen molar-refractivity contribution in [3.63, 3.8) is 0 Å². The number of urea groups is 1. The molecule has 5 rings (SSSR count). The second-order valence-corrected chi connectivity index (χ2v) is 9.96. The number of nitrogens with zero attached hydrogens (tertiary/aromatic N) is 2. The molecule has 1 aliphatic heterocycles. The summed E-state index contributed by atoms with van der Waals surface area (Å²) in [6.45, 7) is 5.82. The van der Waals surface area contributed by atoms with Crippen molar-refractivity contribution in [1.82, 2.24) is 15.2 Å². The summed E-state index contributed by atoms with van der Waals surface area (Å²) in [6, 6.07) is 8.00. The standard InChI is InChI=1S/C26H31N3O3/c1-16(2)29-23(30)26(28-24(29)31)22-12-18(20-11-17(3)14-27-15-20)5-6-19(22)13-25(26)9-7-21(32-4)8-10-25/h5-6,11-12,14-16,21H,7-10,13H2,1-4H3,(H,28,31). The minimum atomic E-state index is -1.02. The van der Waals surface area contributed by atoms with Gasteiger partial charge in [-0.2, -0.15) is 0 Å². The molecule has 1 atom stereocenters. The van der Waals surface area contributed by atoms with Crippen molar-refractivity contribution in [1.29, 1.82) is 0 Å². The van der Waals surface area contributed by atoms with Gasteiger partial charge in [-0.05, 0) is 87.3 Å². The van der Waals surface area contributed by atoms with E-state index in [1.807, 2.05) is 33.2 Å². The van der Waals surface area contributed by atoms with Crippen LogP contribution in [0.15, 0.2) is 36.7 Å². The van der Waals surface area contributed by atoms with Crippen LogP contribution >= 0.6 is 0 Å². The lowest BCUT2D eigenvalue weighted by molar-refractivity contribution is -0.139. The van der Waals surface area contributed by atoms with Gasteiger partial charge in [0.25, 0.3) is 5.91 Å². The maximum Gasteiger partial charge on any atom is 0.325 e. The van der Waals surface area contributed by atoms with Crippen molar-refractivity contribution in [2.24, 2.45) is 5.41 Å². The SMILES string of the molecule is COC1CCC2(CC1)Cc1ccc(-c3cncc(C)c3)cc1C21NC(=O)N(C(C)C)C1=O. The highest BCUT2D eigenvalue weighted by molar-refractivity contribution is 6.09. The number of aromatic nitrogens is 1. The molecule has 2 aliphatic carbocycles. The van der Waals surface area contributed by atoms with Crippen LogP contribution in [0.3, 0.4) is 0 Å². The van der Waals surface area contributed by atoms with E-state index in [0.717, 1.165) is 59.9 Å². The van der Waals surface area contributed by atoms with E-state index in [4.69, 9.17) is 4.74 Å². The van der Waals surface area contributed by atoms with E-state index in [1.165, 1.54) is 4.90 Å². The smallest absolute Gasteiger partial charge is 0.325 e. The number of ether oxygens (including phenoxy) is 1. The molecule has 32 heavy (non-hydrogen) atoms. The number of rotatable bonds is 3. The average molecular weight is 434 g/mol. The number of fused-ring (bicyclic) bond motifs is 3. The predicted molar refractivity (Wildman–Crippen MR) is 122 cm³/mol. The molecular weight excluding hydrogens is 402 g/mol. The Morgan fingerprint density at radius 2 is 1.88 bits per heavy atom. The lowest BCUT2D eigenvalue weighted by Gasteiger charge is -2.46. The van der Waals surface area contributed by atoms with Gasteiger partial charge >= 0.3 is 6.03 Å². The van der Waals surface area contributed by atoms with Crippen LogP contribution in [-0.2, 0) is 21.5 Å². The maximum absolute atomic E-state index is 14.1. The number of pyridine rings is 1. The van der Waals surface area contributed by atoms with E-state index < -0.39 is 5.54 Å². The lowest BCUT2D eigenvalue weighted by Crippen LogP contribution is -2.57. The van der Waals surface area contributed by atoms with Gasteiger partial charge in [0.2, 0.25) is 0 Å². The second kappa shape index (κ2) is 7.41. The van der Waals surface area contributed by atoms with Gasteiger partial charge in [-0.3, -0.25) is 14.7 Å². The zero-order valence-electron chi connectivity index (χ0n) is 19.3. The average Bonchev–Trinajstić information content (AvgIpc) is 3.20. The number of amides is 3. The van der Waals surface area contributed by atoms with E-state index in [1.54, 1.807) is 7.11 Å². The fourth-order valence-electron chi connectivity index (χ4n) is 6.24. The molecule has 0 radical (unpaired) electrons. The zero-order valence-corrected chi connectivity index (χ0v) is 19.3. The minimum absolute atomic E-state index is 0.105. The summed E-state index contributed by atoms with van der Waals surface area (Å²) in [6.07, 6.45) is 8.18. The Labute approximate surface area is 189 Å². The number of methoxy groups -OCH3 is 1. The molecule has 1 saturated carbocycles. The van der Waals surface area contributed by atoms with Gasteiger partial charge in [0.05, 0.1) is 6.10 Å². The molecule has 1 unspecified atom stereocenters. The molecule has 1 saturated heterocycles. The number of hydrogen-bond donors (Lipinski definition) is 1. The van der Waals surface area contributed by atoms with Gasteiger partial charge in [0.1, 0.15) is 0 Å². The molecule has 2 fully saturated rings. The van der Waals surface area contributed by atoms with Gasteiger partial charge in [0.15, 0.2) is 5.54 Å². The van der Waals surface area contributed by atoms with E-state index in [0.29, 0.717) is 0 Å². The molecule has 3 aliphatic rings. The third kappa shape index (κ3) is 2.85. The van der Waals surface area contributed by atoms with Crippen molar-refractivity contribution < 1.29 is 14.3 Å². The first-order valence-electron chi connectivity index (χ1n) is 11.6. The van der Waals surface area contributed by atoms with Crippen LogP contribution in [0.2, 0.25) is 0 Å². The van der Waals surface area contributed by atoms with Crippen molar-refractivity contribution in [3.8, 4) is 11.1 Å². The summed E-state index contributed by atoms with van der Waals surface area (Å²) >= 11 is 0. The zero-order chi connectivity index (χ0) is 22.7. The molecular formula is C26H31N3O3. The molecule has 3 amide bonds. The van der Waals surface area contributed by atoms with Gasteiger partial charge in [0, 0.05) is 36.5 Å². The first-order chi connectivity index (χ1) is 15.3. The van der Waals surface area contributed by atoms with E-state index in [2.05, 4.69) is 34.6 Å². The fourth-order valence-corrected chi connectivity index (χ4v) is 6.24. The molecule has 2 spiro atoms. The van der Waals surface area contributed by atoms with Gasteiger partial charge in [-0.1, -0.05) is 12.1 Å². The molecule has 6 nitrogen and oxygen atoms in total. The van der Waals surface area contributed by atoms with Crippen molar-refractivity contribution in [2.45, 2.75) is 70.6 Å². The summed E-state index contributed by atoms with van der Waals surface area (Å²) in [5.41, 5.74) is 3.89. The minimum Gasteiger partial charge on any atom is -0.381 e. The summed E-state index contributed by atoms with van der Waals surface area (Å²) in [4.78, 5) is 32.9. The molecule has 1 N–H and O–H groups in total. The Morgan fingerprint density at radius 1 is 1.12 bits per heavy atom. The summed E-state index contributed by atoms with van der Waals surface area (Å²) < 4.78 is 5.63. The van der Waals surface area contributed by atoms with Gasteiger partial charge < -0.3 is 10.1 Å². The fraction of sp³-hybridized carbons (Fsp3) is 0.500. The van der Waals surface area contributed by atoms with Crippen molar-refractivity contribution in [3.05, 3.63) is 53.3 Å². The molecule has 1 aromatic carbocycles. The Morgan fingerprint density at radius 3 is 2.50 bits per heavy atom. The van der Waals surface area contributed by atoms with Gasteiger partial charge in [-0.25, -0.2) is 4.79 Å². The van der Waals surface area contributed by atoms with Crippen LogP contribution < -0.4 is 5.32 Å². The highest BCUT2D eigenvalue weighted by atomic mass is 16.5. The summed E-state index contributed by atoms with van der Waals surface area (Å²) in [5.74, 6) is -0.105. The highest BCUT2D eigenvalue weighted by Crippen LogP contribution is 2.60. The number of nitrogens with one attached hydrogen (secondary N) is 1. The van der Waals surface area contributed by atoms with Crippen LogP contribution in [0.25, 0.3) is 11.1 Å². The third-order valence-corrected chi connectivity index (χ3v) is 7.84. The highest BCUT2D eigenvalue weighted by Gasteiger charge is 2.68. The Kier molecular flexibility index (Phi) is 4.89. The Bertz CT molecular complexity index is 1090. The molecule has 168 valence electrons. The molecule has 0 bridgehead atoms. The van der Waals surface area contributed by atoms with Crippen LogP contribution in [-0.4, -0.2) is 41.1 Å². The first-order valence-corrected chi connectivity index (χ1v) is 11.6. The monoisotopic (exact) mass is 433 g/mol. The third-order valence-electron chi connectivity index (χ3n) is 7.84. The molecule has 2 aromatic rings. The van der Waals surface area contributed by atoms with Gasteiger partial charge in [-0.15, -0.1) is 0 Å². The molecule has 2 heterocycles. The van der Waals surface area contributed by atoms with Crippen molar-refractivity contribution >= 4 is 11.9 Å². The number of benzene rings is 1. The summed E-state index contributed by atoms with van der Waals surface area (Å²) in [7, 11) is 1.76. The molecule has 6 heteroatoms. The number of imide groups is 1. The second-order valence-electron chi connectivity index (χ2n) is 9.96. The predicted octanol–water partition coefficient (Wildman–Crippen LogP) is 4.34. The van der Waals surface area contributed by atoms with Crippen LogP contribution in [0.1, 0.15) is 56.2 Å². The first kappa shape index (κ1) is 21.1. The number of carbonyl (C=O) groups is 2. The number of carbonyl (C=O) groups excluding carboxylic acids is 2. The molecule has 1 aromatic heterocycles. The van der Waals surface area contributed by atoms with E-state index in [9.17, 15) is 9.59 Å². The number of aryl methyl sites for hydroxylation is 1. The van der Waals surface area contributed by atoms with Crippen molar-refractivity contribution in [2.75, 3.05) is 7.11 Å². The maximum atomic E-state index is 14.1. The number of hydrogen-bond acceptors (Lipinski definition) is 4. The Hall–Kier alpha value is -2.73. The van der Waals surface area contributed by atoms with Crippen LogP contribution in [0.5, 0.6) is 0 Å². The lowest BCUT2D eigenvalue weighted by atomic mass is 9.61. The van der Waals surface area contributed by atoms with E-state index in [-0.39, 0.29) is 29.5 Å². The van der Waals surface area contributed by atoms with E-state index >= 15 is 0 Å².